The Morgan fingerprint density at radius 2 is 0.591 bits per heavy atom. The van der Waals surface area contributed by atoms with Crippen molar-refractivity contribution >= 4 is 0 Å². The first-order valence-corrected chi connectivity index (χ1v) is 12.2. The van der Waals surface area contributed by atoms with Crippen LogP contribution in [0.25, 0.3) is 11.1 Å². The van der Waals surface area contributed by atoms with Crippen LogP contribution in [0.15, 0.2) is 18.2 Å². The molecule has 0 atom stereocenters. The van der Waals surface area contributed by atoms with E-state index in [9.17, 15) is 52.7 Å². The third-order valence-corrected chi connectivity index (χ3v) is 6.51. The summed E-state index contributed by atoms with van der Waals surface area (Å²) in [5.74, 6) is -21.6. The Kier molecular flexibility index (Phi) is 11.3. The van der Waals surface area contributed by atoms with Crippen LogP contribution in [-0.4, -0.2) is 0 Å². The molecule has 0 saturated heterocycles. The number of hydrogen-bond donors (Lipinski definition) is 0. The van der Waals surface area contributed by atoms with Crippen molar-refractivity contribution in [2.24, 2.45) is 0 Å². The van der Waals surface area contributed by atoms with Gasteiger partial charge < -0.3 is 0 Å². The molecule has 0 aliphatic heterocycles. The van der Waals surface area contributed by atoms with E-state index in [0.29, 0.717) is 13.8 Å². The molecule has 0 fully saturated rings. The Bertz CT molecular complexity index is 1560. The molecule has 1 nitrogen and oxygen atoms in total. The molecule has 0 amide bonds. The summed E-state index contributed by atoms with van der Waals surface area (Å²) < 4.78 is 159. The highest BCUT2D eigenvalue weighted by Gasteiger charge is 2.32. The third-order valence-electron chi connectivity index (χ3n) is 6.51. The van der Waals surface area contributed by atoms with Crippen LogP contribution in [0.4, 0.5) is 52.7 Å². The van der Waals surface area contributed by atoms with Crippen LogP contribution in [0, 0.1) is 123 Å². The fourth-order valence-corrected chi connectivity index (χ4v) is 3.76. The van der Waals surface area contributed by atoms with Gasteiger partial charge in [0.1, 0.15) is 0 Å². The standard InChI is InChI=1S/C14H6F8.C9H9N.C8H6F4/c1-3-7(15)11(19)5(12(20)8(3)16)6-13(21)9(17)4(2)10(18)14(6)22;1-7-4-3-5-8(2)9(7)6-10;1-3-5(9)7(11)4(2)8(12)6(3)10/h1-2H3;3-5H,1-2H3;1-2H3. The highest BCUT2D eigenvalue weighted by molar-refractivity contribution is 5.68. The molecule has 0 aliphatic rings. The van der Waals surface area contributed by atoms with Crippen LogP contribution in [-0.2, 0) is 0 Å². The largest absolute Gasteiger partial charge is 0.203 e. The summed E-state index contributed by atoms with van der Waals surface area (Å²) in [5.41, 5.74) is -4.19. The van der Waals surface area contributed by atoms with Gasteiger partial charge in [0.2, 0.25) is 0 Å². The molecular formula is C31H21F12N. The molecule has 0 saturated carbocycles. The summed E-state index contributed by atoms with van der Waals surface area (Å²) in [6.45, 7) is 7.23. The molecule has 44 heavy (non-hydrogen) atoms. The lowest BCUT2D eigenvalue weighted by Crippen LogP contribution is -2.09. The Hall–Kier alpha value is -4.47. The minimum atomic E-state index is -2.16. The predicted octanol–water partition coefficient (Wildman–Crippen LogP) is 10.1. The maximum Gasteiger partial charge on any atom is 0.170 e. The molecule has 0 aliphatic carbocycles. The predicted molar refractivity (Wildman–Crippen MR) is 137 cm³/mol. The van der Waals surface area contributed by atoms with Crippen molar-refractivity contribution in [3.8, 4) is 17.2 Å². The number of aryl methyl sites for hydroxylation is 2. The van der Waals surface area contributed by atoms with Crippen molar-refractivity contribution in [3.05, 3.63) is 127 Å². The van der Waals surface area contributed by atoms with Crippen LogP contribution in [0.3, 0.4) is 0 Å². The van der Waals surface area contributed by atoms with E-state index in [1.54, 1.807) is 0 Å². The molecule has 0 radical (unpaired) electrons. The number of benzene rings is 4. The van der Waals surface area contributed by atoms with Crippen LogP contribution in [0.2, 0.25) is 0 Å². The van der Waals surface area contributed by atoms with Gasteiger partial charge in [0.05, 0.1) is 22.8 Å². The quantitative estimate of drug-likeness (QED) is 0.151. The fourth-order valence-electron chi connectivity index (χ4n) is 3.76. The van der Waals surface area contributed by atoms with Gasteiger partial charge in [-0.1, -0.05) is 18.2 Å². The minimum Gasteiger partial charge on any atom is -0.203 e. The average Bonchev–Trinajstić information content (AvgIpc) is 3.00. The Morgan fingerprint density at radius 3 is 0.773 bits per heavy atom. The van der Waals surface area contributed by atoms with E-state index in [4.69, 9.17) is 5.26 Å². The Labute approximate surface area is 244 Å². The zero-order chi connectivity index (χ0) is 34.0. The van der Waals surface area contributed by atoms with E-state index < -0.39 is 103 Å². The number of halogens is 12. The lowest BCUT2D eigenvalue weighted by Gasteiger charge is -2.13. The lowest BCUT2D eigenvalue weighted by atomic mass is 9.98. The van der Waals surface area contributed by atoms with E-state index in [0.717, 1.165) is 30.5 Å². The highest BCUT2D eigenvalue weighted by atomic mass is 19.2. The fraction of sp³-hybridized carbons (Fsp3) is 0.194. The van der Waals surface area contributed by atoms with Gasteiger partial charge in [0.25, 0.3) is 0 Å². The maximum atomic E-state index is 13.8. The molecule has 0 bridgehead atoms. The molecule has 4 aromatic carbocycles. The van der Waals surface area contributed by atoms with Crippen molar-refractivity contribution in [2.75, 3.05) is 0 Å². The normalized spacial score (nSPS) is 10.5. The molecule has 0 heterocycles. The van der Waals surface area contributed by atoms with Crippen molar-refractivity contribution in [2.45, 2.75) is 41.5 Å². The number of rotatable bonds is 1. The molecule has 234 valence electrons. The van der Waals surface area contributed by atoms with Gasteiger partial charge in [0, 0.05) is 22.3 Å². The summed E-state index contributed by atoms with van der Waals surface area (Å²) in [7, 11) is 0. The molecular weight excluding hydrogens is 614 g/mol. The van der Waals surface area contributed by atoms with Gasteiger partial charge in [0.15, 0.2) is 69.8 Å². The molecule has 0 N–H and O–H groups in total. The zero-order valence-electron chi connectivity index (χ0n) is 23.7. The van der Waals surface area contributed by atoms with E-state index in [2.05, 4.69) is 6.07 Å². The molecule has 4 rings (SSSR count). The lowest BCUT2D eigenvalue weighted by molar-refractivity contribution is 0.433. The molecule has 13 heteroatoms. The highest BCUT2D eigenvalue weighted by Crippen LogP contribution is 2.37. The second-order valence-electron chi connectivity index (χ2n) is 9.40. The van der Waals surface area contributed by atoms with Gasteiger partial charge in [-0.25, -0.2) is 52.7 Å². The zero-order valence-corrected chi connectivity index (χ0v) is 23.7. The second-order valence-corrected chi connectivity index (χ2v) is 9.40. The molecule has 0 aromatic heterocycles. The second kappa shape index (κ2) is 13.9. The summed E-state index contributed by atoms with van der Waals surface area (Å²) in [4.78, 5) is 0. The summed E-state index contributed by atoms with van der Waals surface area (Å²) >= 11 is 0. The molecule has 4 aromatic rings. The van der Waals surface area contributed by atoms with Gasteiger partial charge in [-0.15, -0.1) is 0 Å². The summed E-state index contributed by atoms with van der Waals surface area (Å²) in [5, 5.41) is 8.65. The smallest absolute Gasteiger partial charge is 0.170 e. The van der Waals surface area contributed by atoms with E-state index in [-0.39, 0.29) is 0 Å². The summed E-state index contributed by atoms with van der Waals surface area (Å²) in [6, 6.07) is 8.03. The van der Waals surface area contributed by atoms with Crippen LogP contribution >= 0.6 is 0 Å². The average molecular weight is 635 g/mol. The van der Waals surface area contributed by atoms with Crippen LogP contribution < -0.4 is 0 Å². The number of hydrogen-bond acceptors (Lipinski definition) is 1. The van der Waals surface area contributed by atoms with Gasteiger partial charge in [-0.2, -0.15) is 5.26 Å². The van der Waals surface area contributed by atoms with Gasteiger partial charge >= 0.3 is 0 Å². The summed E-state index contributed by atoms with van der Waals surface area (Å²) in [6.07, 6.45) is 0. The monoisotopic (exact) mass is 635 g/mol. The van der Waals surface area contributed by atoms with Crippen molar-refractivity contribution in [1.82, 2.24) is 0 Å². The van der Waals surface area contributed by atoms with Crippen molar-refractivity contribution < 1.29 is 52.7 Å². The van der Waals surface area contributed by atoms with E-state index >= 15 is 0 Å². The maximum absolute atomic E-state index is 13.8. The molecule has 0 unspecified atom stereocenters. The molecule has 0 spiro atoms. The Morgan fingerprint density at radius 1 is 0.386 bits per heavy atom. The van der Waals surface area contributed by atoms with Gasteiger partial charge in [-0.05, 0) is 52.7 Å². The number of nitrogens with zero attached hydrogens (tertiary/aromatic N) is 1. The first kappa shape index (κ1) is 35.7. The first-order chi connectivity index (χ1) is 20.3. The first-order valence-electron chi connectivity index (χ1n) is 12.2. The van der Waals surface area contributed by atoms with Crippen LogP contribution in [0.5, 0.6) is 0 Å². The van der Waals surface area contributed by atoms with Gasteiger partial charge in [-0.3, -0.25) is 0 Å². The minimum absolute atomic E-state index is 0.629. The van der Waals surface area contributed by atoms with Crippen molar-refractivity contribution in [1.29, 1.82) is 5.26 Å². The van der Waals surface area contributed by atoms with E-state index in [1.807, 2.05) is 32.0 Å². The number of nitriles is 1. The topological polar surface area (TPSA) is 23.8 Å². The Balaban J connectivity index is 0.000000257. The van der Waals surface area contributed by atoms with Crippen molar-refractivity contribution in [3.63, 3.8) is 0 Å². The van der Waals surface area contributed by atoms with Crippen LogP contribution in [0.1, 0.15) is 38.9 Å². The van der Waals surface area contributed by atoms with E-state index in [1.165, 1.54) is 0 Å². The third kappa shape index (κ3) is 6.54. The SMILES string of the molecule is Cc1c(F)c(F)c(-c2c(F)c(F)c(C)c(F)c2F)c(F)c1F.Cc1c(F)c(F)c(C)c(F)c1F.Cc1cccc(C)c1C#N.